The molecule has 0 aliphatic carbocycles. The number of alkyl halides is 3. The van der Waals surface area contributed by atoms with Gasteiger partial charge in [-0.05, 0) is 18.1 Å². The molecule has 0 saturated heterocycles. The zero-order valence-electron chi connectivity index (χ0n) is 11.9. The molecule has 1 rings (SSSR count). The third-order valence-corrected chi connectivity index (χ3v) is 4.32. The van der Waals surface area contributed by atoms with Crippen LogP contribution in [0.4, 0.5) is 18.9 Å². The molecule has 0 aromatic heterocycles. The van der Waals surface area contributed by atoms with Crippen molar-refractivity contribution in [1.82, 2.24) is 0 Å². The molecule has 0 heterocycles. The third-order valence-electron chi connectivity index (χ3n) is 2.78. The van der Waals surface area contributed by atoms with Gasteiger partial charge in [0.15, 0.2) is 0 Å². The molecule has 8 heteroatoms. The predicted molar refractivity (Wildman–Crippen MR) is 75.8 cm³/mol. The summed E-state index contributed by atoms with van der Waals surface area (Å²) >= 11 is 0. The first-order valence-corrected chi connectivity index (χ1v) is 7.95. The number of nitrogens with zero attached hydrogens (tertiary/aromatic N) is 1. The summed E-state index contributed by atoms with van der Waals surface area (Å²) in [6.07, 6.45) is 0. The van der Waals surface area contributed by atoms with E-state index in [2.05, 4.69) is 0 Å². The van der Waals surface area contributed by atoms with Crippen molar-refractivity contribution in [3.8, 4) is 0 Å². The Balaban J connectivity index is 3.38. The molecule has 1 aromatic carbocycles. The van der Waals surface area contributed by atoms with Crippen LogP contribution in [-0.4, -0.2) is 33.6 Å². The Kier molecular flexibility index (Phi) is 5.63. The van der Waals surface area contributed by atoms with E-state index in [1.54, 1.807) is 4.90 Å². The zero-order valence-corrected chi connectivity index (χ0v) is 12.7. The fraction of sp³-hybridized carbons (Fsp3) is 0.538. The Morgan fingerprint density at radius 2 is 1.81 bits per heavy atom. The zero-order chi connectivity index (χ0) is 16.3. The van der Waals surface area contributed by atoms with Gasteiger partial charge in [0, 0.05) is 19.6 Å². The van der Waals surface area contributed by atoms with Gasteiger partial charge in [0.05, 0.1) is 10.6 Å². The van der Waals surface area contributed by atoms with Gasteiger partial charge in [-0.25, -0.2) is 8.42 Å². The summed E-state index contributed by atoms with van der Waals surface area (Å²) in [6.45, 7) is 4.70. The number of nitrogens with two attached hydrogens (primary N) is 1. The van der Waals surface area contributed by atoms with Crippen LogP contribution in [0.25, 0.3) is 0 Å². The molecule has 0 atom stereocenters. The summed E-state index contributed by atoms with van der Waals surface area (Å²) in [6, 6.07) is 5.13. The van der Waals surface area contributed by atoms with E-state index in [1.807, 2.05) is 13.8 Å². The molecule has 0 radical (unpaired) electrons. The topological polar surface area (TPSA) is 63.4 Å². The summed E-state index contributed by atoms with van der Waals surface area (Å²) < 4.78 is 61.7. The minimum Gasteiger partial charge on any atom is -0.369 e. The lowest BCUT2D eigenvalue weighted by atomic mass is 10.2. The molecule has 0 spiro atoms. The van der Waals surface area contributed by atoms with Crippen LogP contribution >= 0.6 is 0 Å². The first-order chi connectivity index (χ1) is 9.61. The van der Waals surface area contributed by atoms with Gasteiger partial charge in [-0.1, -0.05) is 26.0 Å². The number of hydrogen-bond acceptors (Lipinski definition) is 4. The molecular formula is C13H19F3N2O2S. The average molecular weight is 324 g/mol. The largest absolute Gasteiger partial charge is 0.501 e. The summed E-state index contributed by atoms with van der Waals surface area (Å²) in [7, 11) is -5.39. The van der Waals surface area contributed by atoms with E-state index in [4.69, 9.17) is 5.73 Å². The first-order valence-electron chi connectivity index (χ1n) is 6.46. The van der Waals surface area contributed by atoms with Crippen LogP contribution in [0.15, 0.2) is 29.2 Å². The van der Waals surface area contributed by atoms with Crippen molar-refractivity contribution in [2.24, 2.45) is 11.7 Å². The molecule has 1 aromatic rings. The summed E-state index contributed by atoms with van der Waals surface area (Å²) in [5.41, 5.74) is 0.186. The van der Waals surface area contributed by atoms with Crippen molar-refractivity contribution >= 4 is 15.5 Å². The van der Waals surface area contributed by atoms with Gasteiger partial charge < -0.3 is 10.6 Å². The molecular weight excluding hydrogens is 305 g/mol. The highest BCUT2D eigenvalue weighted by atomic mass is 32.2. The molecule has 0 aliphatic heterocycles. The molecule has 0 aliphatic rings. The van der Waals surface area contributed by atoms with Crippen LogP contribution in [0.3, 0.4) is 0 Å². The molecule has 0 bridgehead atoms. The fourth-order valence-electron chi connectivity index (χ4n) is 1.98. The van der Waals surface area contributed by atoms with E-state index in [0.717, 1.165) is 6.07 Å². The Morgan fingerprint density at radius 1 is 1.24 bits per heavy atom. The number of para-hydroxylation sites is 1. The summed E-state index contributed by atoms with van der Waals surface area (Å²) in [5.74, 6) is 0.151. The maximum Gasteiger partial charge on any atom is 0.501 e. The number of halogens is 3. The average Bonchev–Trinajstić information content (AvgIpc) is 2.36. The van der Waals surface area contributed by atoms with Crippen LogP contribution in [0.1, 0.15) is 13.8 Å². The minimum absolute atomic E-state index is 0.0361. The van der Waals surface area contributed by atoms with Crippen molar-refractivity contribution in [2.75, 3.05) is 24.5 Å². The molecule has 0 unspecified atom stereocenters. The highest BCUT2D eigenvalue weighted by molar-refractivity contribution is 7.92. The number of benzene rings is 1. The van der Waals surface area contributed by atoms with E-state index >= 15 is 0 Å². The van der Waals surface area contributed by atoms with Crippen molar-refractivity contribution in [1.29, 1.82) is 0 Å². The highest BCUT2D eigenvalue weighted by Gasteiger charge is 2.48. The Morgan fingerprint density at radius 3 is 2.29 bits per heavy atom. The first kappa shape index (κ1) is 17.8. The quantitative estimate of drug-likeness (QED) is 0.873. The number of rotatable bonds is 6. The van der Waals surface area contributed by atoms with Crippen LogP contribution in [0, 0.1) is 5.92 Å². The number of hydrogen-bond donors (Lipinski definition) is 1. The lowest BCUT2D eigenvalue weighted by Crippen LogP contribution is -2.34. The van der Waals surface area contributed by atoms with Gasteiger partial charge in [0.1, 0.15) is 0 Å². The highest BCUT2D eigenvalue weighted by Crippen LogP contribution is 2.35. The van der Waals surface area contributed by atoms with Crippen LogP contribution in [-0.2, 0) is 9.84 Å². The monoisotopic (exact) mass is 324 g/mol. The maximum atomic E-state index is 12.8. The Bertz CT molecular complexity index is 571. The van der Waals surface area contributed by atoms with E-state index in [1.165, 1.54) is 18.2 Å². The second-order valence-corrected chi connectivity index (χ2v) is 6.96. The lowest BCUT2D eigenvalue weighted by molar-refractivity contribution is -0.0435. The second kappa shape index (κ2) is 6.65. The molecule has 4 nitrogen and oxygen atoms in total. The van der Waals surface area contributed by atoms with Crippen molar-refractivity contribution in [3.05, 3.63) is 24.3 Å². The van der Waals surface area contributed by atoms with E-state index in [0.29, 0.717) is 6.54 Å². The molecule has 0 amide bonds. The molecule has 0 saturated carbocycles. The second-order valence-electron chi connectivity index (χ2n) is 5.05. The SMILES string of the molecule is CC(C)CN(CCN)c1ccccc1S(=O)(=O)C(F)(F)F. The van der Waals surface area contributed by atoms with Gasteiger partial charge in [0.25, 0.3) is 9.84 Å². The number of sulfone groups is 1. The van der Waals surface area contributed by atoms with Crippen molar-refractivity contribution in [3.63, 3.8) is 0 Å². The Labute approximate surface area is 122 Å². The van der Waals surface area contributed by atoms with Gasteiger partial charge in [-0.15, -0.1) is 0 Å². The molecule has 0 fully saturated rings. The summed E-state index contributed by atoms with van der Waals surface area (Å²) in [4.78, 5) is 0.843. The van der Waals surface area contributed by atoms with E-state index < -0.39 is 20.2 Å². The maximum absolute atomic E-state index is 12.8. The standard InChI is InChI=1S/C13H19F3N2O2S/c1-10(2)9-18(8-7-17)11-5-3-4-6-12(11)21(19,20)13(14,15)16/h3-6,10H,7-9,17H2,1-2H3. The predicted octanol–water partition coefficient (Wildman–Crippen LogP) is 2.40. The summed E-state index contributed by atoms with van der Waals surface area (Å²) in [5, 5.41) is 0. The normalized spacial score (nSPS) is 12.7. The van der Waals surface area contributed by atoms with Crippen LogP contribution < -0.4 is 10.6 Å². The molecule has 21 heavy (non-hydrogen) atoms. The van der Waals surface area contributed by atoms with Crippen LogP contribution in [0.2, 0.25) is 0 Å². The van der Waals surface area contributed by atoms with E-state index in [9.17, 15) is 21.6 Å². The third kappa shape index (κ3) is 4.10. The molecule has 120 valence electrons. The lowest BCUT2D eigenvalue weighted by Gasteiger charge is -2.28. The van der Waals surface area contributed by atoms with Gasteiger partial charge in [0.2, 0.25) is 0 Å². The van der Waals surface area contributed by atoms with Crippen LogP contribution in [0.5, 0.6) is 0 Å². The fourth-order valence-corrected chi connectivity index (χ4v) is 2.96. The van der Waals surface area contributed by atoms with Crippen molar-refractivity contribution in [2.45, 2.75) is 24.3 Å². The van der Waals surface area contributed by atoms with Gasteiger partial charge >= 0.3 is 5.51 Å². The molecule has 2 N–H and O–H groups in total. The Hall–Kier alpha value is -1.28. The van der Waals surface area contributed by atoms with Crippen molar-refractivity contribution < 1.29 is 21.6 Å². The smallest absolute Gasteiger partial charge is 0.369 e. The van der Waals surface area contributed by atoms with Gasteiger partial charge in [-0.3, -0.25) is 0 Å². The minimum atomic E-state index is -5.39. The number of anilines is 1. The van der Waals surface area contributed by atoms with Gasteiger partial charge in [-0.2, -0.15) is 13.2 Å². The van der Waals surface area contributed by atoms with E-state index in [-0.39, 0.29) is 24.7 Å².